The minimum Gasteiger partial charge on any atom is -0.467 e. The van der Waals surface area contributed by atoms with Gasteiger partial charge in [0.15, 0.2) is 0 Å². The molecule has 0 radical (unpaired) electrons. The van der Waals surface area contributed by atoms with Gasteiger partial charge in [0.1, 0.15) is 11.9 Å². The maximum atomic E-state index is 11.9. The first-order valence-corrected chi connectivity index (χ1v) is 8.41. The van der Waals surface area contributed by atoms with Gasteiger partial charge in [-0.3, -0.25) is 0 Å². The third-order valence-electron chi connectivity index (χ3n) is 3.55. The van der Waals surface area contributed by atoms with Crippen molar-refractivity contribution < 1.29 is 17.9 Å². The SMILES string of the molecule is O=S(=O)(CC1CCCCC1)NCC(O)c1ccco1. The standard InChI is InChI=1S/C13H21NO4S/c15-12(13-7-4-8-18-13)9-14-19(16,17)10-11-5-2-1-3-6-11/h4,7-8,11-12,14-15H,1-3,5-6,9-10H2. The van der Waals surface area contributed by atoms with Gasteiger partial charge in [-0.15, -0.1) is 0 Å². The molecule has 0 aromatic carbocycles. The largest absolute Gasteiger partial charge is 0.467 e. The van der Waals surface area contributed by atoms with Crippen LogP contribution in [0.3, 0.4) is 0 Å². The first kappa shape index (κ1) is 14.6. The summed E-state index contributed by atoms with van der Waals surface area (Å²) >= 11 is 0. The predicted molar refractivity (Wildman–Crippen MR) is 72.0 cm³/mol. The molecule has 1 heterocycles. The van der Waals surface area contributed by atoms with Gasteiger partial charge in [-0.2, -0.15) is 0 Å². The molecule has 0 aliphatic heterocycles. The number of aliphatic hydroxyl groups excluding tert-OH is 1. The van der Waals surface area contributed by atoms with Gasteiger partial charge in [-0.25, -0.2) is 13.1 Å². The Morgan fingerprint density at radius 3 is 2.74 bits per heavy atom. The lowest BCUT2D eigenvalue weighted by Crippen LogP contribution is -2.33. The Hall–Kier alpha value is -0.850. The van der Waals surface area contributed by atoms with E-state index >= 15 is 0 Å². The van der Waals surface area contributed by atoms with E-state index in [1.807, 2.05) is 0 Å². The Balaban J connectivity index is 1.80. The first-order valence-electron chi connectivity index (χ1n) is 6.75. The average molecular weight is 287 g/mol. The average Bonchev–Trinajstić information content (AvgIpc) is 2.91. The van der Waals surface area contributed by atoms with Gasteiger partial charge in [0.25, 0.3) is 0 Å². The molecular formula is C13H21NO4S. The molecule has 0 saturated heterocycles. The molecule has 1 fully saturated rings. The van der Waals surface area contributed by atoms with E-state index in [0.29, 0.717) is 5.76 Å². The number of hydrogen-bond acceptors (Lipinski definition) is 4. The van der Waals surface area contributed by atoms with E-state index in [1.54, 1.807) is 12.1 Å². The van der Waals surface area contributed by atoms with Gasteiger partial charge < -0.3 is 9.52 Å². The zero-order chi connectivity index (χ0) is 13.7. The van der Waals surface area contributed by atoms with Crippen molar-refractivity contribution in [1.82, 2.24) is 4.72 Å². The summed E-state index contributed by atoms with van der Waals surface area (Å²) in [4.78, 5) is 0. The lowest BCUT2D eigenvalue weighted by atomic mass is 9.91. The molecule has 1 atom stereocenters. The van der Waals surface area contributed by atoms with Crippen molar-refractivity contribution >= 4 is 10.0 Å². The highest BCUT2D eigenvalue weighted by Gasteiger charge is 2.22. The number of hydrogen-bond donors (Lipinski definition) is 2. The van der Waals surface area contributed by atoms with Crippen molar-refractivity contribution in [2.45, 2.75) is 38.2 Å². The normalized spacial score (nSPS) is 19.4. The molecular weight excluding hydrogens is 266 g/mol. The summed E-state index contributed by atoms with van der Waals surface area (Å²) in [7, 11) is -3.32. The van der Waals surface area contributed by atoms with Crippen molar-refractivity contribution in [3.8, 4) is 0 Å². The van der Waals surface area contributed by atoms with Crippen molar-refractivity contribution in [3.63, 3.8) is 0 Å². The lowest BCUT2D eigenvalue weighted by molar-refractivity contribution is 0.154. The third kappa shape index (κ3) is 4.63. The van der Waals surface area contributed by atoms with Crippen molar-refractivity contribution in [2.75, 3.05) is 12.3 Å². The molecule has 19 heavy (non-hydrogen) atoms. The van der Waals surface area contributed by atoms with Crippen molar-refractivity contribution in [3.05, 3.63) is 24.2 Å². The number of furan rings is 1. The molecule has 108 valence electrons. The van der Waals surface area contributed by atoms with Crippen molar-refractivity contribution in [1.29, 1.82) is 0 Å². The number of sulfonamides is 1. The molecule has 5 nitrogen and oxygen atoms in total. The number of nitrogens with one attached hydrogen (secondary N) is 1. The quantitative estimate of drug-likeness (QED) is 0.836. The molecule has 0 bridgehead atoms. The Labute approximate surface area is 114 Å². The highest BCUT2D eigenvalue weighted by molar-refractivity contribution is 7.89. The molecule has 1 aromatic rings. The van der Waals surface area contributed by atoms with Gasteiger partial charge in [-0.1, -0.05) is 19.3 Å². The van der Waals surface area contributed by atoms with Crippen LogP contribution in [0.15, 0.2) is 22.8 Å². The second kappa shape index (κ2) is 6.54. The van der Waals surface area contributed by atoms with Crippen LogP contribution in [-0.4, -0.2) is 25.8 Å². The zero-order valence-electron chi connectivity index (χ0n) is 10.9. The molecule has 1 aromatic heterocycles. The van der Waals surface area contributed by atoms with E-state index in [9.17, 15) is 13.5 Å². The van der Waals surface area contributed by atoms with Gasteiger partial charge in [0.05, 0.1) is 12.0 Å². The summed E-state index contributed by atoms with van der Waals surface area (Å²) in [5, 5.41) is 9.76. The Kier molecular flexibility index (Phi) is 5.01. The summed E-state index contributed by atoms with van der Waals surface area (Å²) in [5.74, 6) is 0.796. The van der Waals surface area contributed by atoms with E-state index in [0.717, 1.165) is 25.7 Å². The van der Waals surface area contributed by atoms with Crippen LogP contribution in [0.1, 0.15) is 44.0 Å². The molecule has 1 aliphatic carbocycles. The maximum absolute atomic E-state index is 11.9. The maximum Gasteiger partial charge on any atom is 0.211 e. The summed E-state index contributed by atoms with van der Waals surface area (Å²) < 4.78 is 31.3. The molecule has 1 unspecified atom stereocenters. The fourth-order valence-electron chi connectivity index (χ4n) is 2.51. The minimum atomic E-state index is -3.32. The fraction of sp³-hybridized carbons (Fsp3) is 0.692. The number of aliphatic hydroxyl groups is 1. The Morgan fingerprint density at radius 1 is 1.37 bits per heavy atom. The van der Waals surface area contributed by atoms with E-state index in [4.69, 9.17) is 4.42 Å². The Bertz CT molecular complexity index is 463. The number of rotatable bonds is 6. The summed E-state index contributed by atoms with van der Waals surface area (Å²) in [6.07, 6.45) is 5.94. The van der Waals surface area contributed by atoms with Crippen LogP contribution in [0, 0.1) is 5.92 Å². The molecule has 2 rings (SSSR count). The predicted octanol–water partition coefficient (Wildman–Crippen LogP) is 1.81. The van der Waals surface area contributed by atoms with E-state index in [-0.39, 0.29) is 18.2 Å². The van der Waals surface area contributed by atoms with E-state index < -0.39 is 16.1 Å². The second-order valence-electron chi connectivity index (χ2n) is 5.17. The smallest absolute Gasteiger partial charge is 0.211 e. The monoisotopic (exact) mass is 287 g/mol. The van der Waals surface area contributed by atoms with Crippen LogP contribution in [0.5, 0.6) is 0 Å². The van der Waals surface area contributed by atoms with Gasteiger partial charge in [0, 0.05) is 6.54 Å². The van der Waals surface area contributed by atoms with Crippen LogP contribution in [0.2, 0.25) is 0 Å². The lowest BCUT2D eigenvalue weighted by Gasteiger charge is -2.21. The van der Waals surface area contributed by atoms with Crippen molar-refractivity contribution in [2.24, 2.45) is 5.92 Å². The van der Waals surface area contributed by atoms with Crippen LogP contribution < -0.4 is 4.72 Å². The van der Waals surface area contributed by atoms with Gasteiger partial charge >= 0.3 is 0 Å². The summed E-state index contributed by atoms with van der Waals surface area (Å²) in [5.41, 5.74) is 0. The molecule has 2 N–H and O–H groups in total. The van der Waals surface area contributed by atoms with E-state index in [2.05, 4.69) is 4.72 Å². The second-order valence-corrected chi connectivity index (χ2v) is 7.02. The fourth-order valence-corrected chi connectivity index (χ4v) is 3.99. The molecule has 0 amide bonds. The highest BCUT2D eigenvalue weighted by atomic mass is 32.2. The molecule has 1 saturated carbocycles. The van der Waals surface area contributed by atoms with Crippen LogP contribution in [-0.2, 0) is 10.0 Å². The highest BCUT2D eigenvalue weighted by Crippen LogP contribution is 2.24. The summed E-state index contributed by atoms with van der Waals surface area (Å²) in [6.45, 7) is -0.0391. The van der Waals surface area contributed by atoms with Crippen LogP contribution >= 0.6 is 0 Å². The molecule has 6 heteroatoms. The first-order chi connectivity index (χ1) is 9.07. The zero-order valence-corrected chi connectivity index (χ0v) is 11.7. The summed E-state index contributed by atoms with van der Waals surface area (Å²) in [6, 6.07) is 3.29. The van der Waals surface area contributed by atoms with Crippen LogP contribution in [0.4, 0.5) is 0 Å². The Morgan fingerprint density at radius 2 is 2.11 bits per heavy atom. The molecule has 0 spiro atoms. The van der Waals surface area contributed by atoms with Gasteiger partial charge in [-0.05, 0) is 30.9 Å². The molecule has 1 aliphatic rings. The van der Waals surface area contributed by atoms with E-state index in [1.165, 1.54) is 12.7 Å². The van der Waals surface area contributed by atoms with Gasteiger partial charge in [0.2, 0.25) is 10.0 Å². The minimum absolute atomic E-state index is 0.0391. The third-order valence-corrected chi connectivity index (χ3v) is 5.06. The topological polar surface area (TPSA) is 79.5 Å². The van der Waals surface area contributed by atoms with Crippen LogP contribution in [0.25, 0.3) is 0 Å².